The molecule has 10 aromatic carbocycles. The minimum absolute atomic E-state index is 0.270. The van der Waals surface area contributed by atoms with Gasteiger partial charge in [-0.05, 0) is 101 Å². The number of phenolic OH excluding ortho intramolecular Hbond substituents is 1. The Labute approximate surface area is 350 Å². The van der Waals surface area contributed by atoms with E-state index in [1.807, 2.05) is 97.1 Å². The van der Waals surface area contributed by atoms with Gasteiger partial charge in [-0.3, -0.25) is 0 Å². The molecule has 61 heavy (non-hydrogen) atoms. The van der Waals surface area contributed by atoms with E-state index >= 15 is 0 Å². The number of halogens is 3. The molecule has 0 amide bonds. The van der Waals surface area contributed by atoms with Crippen LogP contribution in [0.25, 0.3) is 87.6 Å². The molecule has 0 aliphatic carbocycles. The number of aromatic hydroxyl groups is 1. The molecule has 0 aromatic heterocycles. The first kappa shape index (κ1) is 39.1. The predicted molar refractivity (Wildman–Crippen MR) is 242 cm³/mol. The lowest BCUT2D eigenvalue weighted by Crippen LogP contribution is -2.28. The quantitative estimate of drug-likeness (QED) is 0.134. The van der Waals surface area contributed by atoms with Crippen molar-refractivity contribution in [1.29, 1.82) is 0 Å². The molecule has 298 valence electrons. The lowest BCUT2D eigenvalue weighted by Gasteiger charge is -2.14. The number of hydrogen-bond acceptors (Lipinski definition) is 4. The van der Waals surface area contributed by atoms with Crippen LogP contribution < -0.4 is 4.18 Å². The summed E-state index contributed by atoms with van der Waals surface area (Å²) < 4.78 is 66.7. The monoisotopic (exact) mass is 824 g/mol. The van der Waals surface area contributed by atoms with Crippen LogP contribution in [0.5, 0.6) is 11.5 Å². The normalized spacial score (nSPS) is 11.7. The zero-order valence-corrected chi connectivity index (χ0v) is 33.2. The van der Waals surface area contributed by atoms with Gasteiger partial charge in [0, 0.05) is 10.8 Å². The molecule has 0 fully saturated rings. The standard InChI is InChI=1S/C27H17F3O3S.C26H18O/c28-27(29,30)34(31,32)33-26-17-22(16-21-7-2-4-10-25(21)26)18-12-14-20(15-13-18)24-11-5-8-19-6-1-3-9-23(19)24;27-26-17-22(16-21-7-2-4-10-25(21)26)18-12-14-20(15-13-18)24-11-5-8-19-6-1-3-9-23(19)24/h1-17H;1-17,27H. The molecule has 0 radical (unpaired) electrons. The van der Waals surface area contributed by atoms with Crippen LogP contribution in [0.15, 0.2) is 206 Å². The largest absolute Gasteiger partial charge is 0.534 e. The van der Waals surface area contributed by atoms with E-state index in [-0.39, 0.29) is 11.1 Å². The molecular formula is C53H35F3O4S. The number of phenols is 1. The van der Waals surface area contributed by atoms with Gasteiger partial charge in [0.15, 0.2) is 5.75 Å². The van der Waals surface area contributed by atoms with E-state index in [4.69, 9.17) is 0 Å². The van der Waals surface area contributed by atoms with Crippen molar-refractivity contribution < 1.29 is 30.9 Å². The third-order valence-electron chi connectivity index (χ3n) is 10.8. The Morgan fingerprint density at radius 2 is 0.754 bits per heavy atom. The Morgan fingerprint density at radius 3 is 1.25 bits per heavy atom. The Bertz CT molecular complexity index is 3330. The molecular weight excluding hydrogens is 790 g/mol. The fraction of sp³-hybridized carbons (Fsp3) is 0.0189. The molecule has 0 saturated heterocycles. The maximum atomic E-state index is 12.9. The smallest absolute Gasteiger partial charge is 0.507 e. The van der Waals surface area contributed by atoms with Gasteiger partial charge in [-0.1, -0.05) is 182 Å². The van der Waals surface area contributed by atoms with E-state index in [0.717, 1.165) is 43.8 Å². The van der Waals surface area contributed by atoms with Crippen LogP contribution in [0.2, 0.25) is 0 Å². The summed E-state index contributed by atoms with van der Waals surface area (Å²) in [6.07, 6.45) is 0. The summed E-state index contributed by atoms with van der Waals surface area (Å²) in [7, 11) is -5.80. The van der Waals surface area contributed by atoms with Gasteiger partial charge in [0.1, 0.15) is 5.75 Å². The first-order valence-corrected chi connectivity index (χ1v) is 20.9. The summed E-state index contributed by atoms with van der Waals surface area (Å²) in [5.41, 5.74) is 2.32. The maximum Gasteiger partial charge on any atom is 0.534 e. The number of fused-ring (bicyclic) bond motifs is 4. The summed E-state index contributed by atoms with van der Waals surface area (Å²) in [5.74, 6) is -0.0511. The lowest BCUT2D eigenvalue weighted by molar-refractivity contribution is -0.0499. The average molecular weight is 825 g/mol. The molecule has 10 aromatic rings. The summed E-state index contributed by atoms with van der Waals surface area (Å²) >= 11 is 0. The first-order chi connectivity index (χ1) is 29.5. The molecule has 0 bridgehead atoms. The van der Waals surface area contributed by atoms with Crippen LogP contribution in [-0.2, 0) is 10.1 Å². The molecule has 0 unspecified atom stereocenters. The van der Waals surface area contributed by atoms with Crippen LogP contribution in [0.4, 0.5) is 13.2 Å². The summed E-state index contributed by atoms with van der Waals surface area (Å²) in [4.78, 5) is 0. The van der Waals surface area contributed by atoms with Gasteiger partial charge in [-0.2, -0.15) is 21.6 Å². The average Bonchev–Trinajstić information content (AvgIpc) is 3.28. The number of hydrogen-bond donors (Lipinski definition) is 1. The fourth-order valence-corrected chi connectivity index (χ4v) is 8.24. The molecule has 0 heterocycles. The van der Waals surface area contributed by atoms with Gasteiger partial charge in [-0.15, -0.1) is 0 Å². The van der Waals surface area contributed by atoms with Crippen molar-refractivity contribution in [3.05, 3.63) is 206 Å². The highest BCUT2D eigenvalue weighted by atomic mass is 32.2. The first-order valence-electron chi connectivity index (χ1n) is 19.4. The molecule has 10 rings (SSSR count). The summed E-state index contributed by atoms with van der Waals surface area (Å²) in [5, 5.41) is 17.9. The van der Waals surface area contributed by atoms with Gasteiger partial charge in [0.25, 0.3) is 0 Å². The van der Waals surface area contributed by atoms with E-state index < -0.39 is 15.6 Å². The zero-order valence-electron chi connectivity index (χ0n) is 32.3. The zero-order chi connectivity index (χ0) is 42.1. The Kier molecular flexibility index (Phi) is 10.2. The molecule has 0 aliphatic heterocycles. The Morgan fingerprint density at radius 1 is 0.377 bits per heavy atom. The highest BCUT2D eigenvalue weighted by Gasteiger charge is 2.48. The minimum atomic E-state index is -5.80. The van der Waals surface area contributed by atoms with Gasteiger partial charge in [0.2, 0.25) is 0 Å². The van der Waals surface area contributed by atoms with E-state index in [2.05, 4.69) is 77.0 Å². The topological polar surface area (TPSA) is 63.6 Å². The van der Waals surface area contributed by atoms with Crippen LogP contribution in [0, 0.1) is 0 Å². The SMILES string of the molecule is O=S(=O)(Oc1cc(-c2ccc(-c3cccc4ccccc34)cc2)cc2ccccc12)C(F)(F)F.Oc1cc(-c2ccc(-c3cccc4ccccc34)cc2)cc2ccccc12. The highest BCUT2D eigenvalue weighted by Crippen LogP contribution is 2.38. The summed E-state index contributed by atoms with van der Waals surface area (Å²) in [6, 6.07) is 66.6. The number of rotatable bonds is 6. The third kappa shape index (κ3) is 7.89. The van der Waals surface area contributed by atoms with E-state index in [1.54, 1.807) is 24.3 Å². The molecule has 0 aliphatic rings. The molecule has 1 N–H and O–H groups in total. The highest BCUT2D eigenvalue weighted by molar-refractivity contribution is 7.88. The van der Waals surface area contributed by atoms with Gasteiger partial charge in [-0.25, -0.2) is 0 Å². The summed E-state index contributed by atoms with van der Waals surface area (Å²) in [6.45, 7) is 0. The van der Waals surface area contributed by atoms with Crippen molar-refractivity contribution in [2.45, 2.75) is 5.51 Å². The molecule has 0 atom stereocenters. The van der Waals surface area contributed by atoms with Gasteiger partial charge < -0.3 is 9.29 Å². The van der Waals surface area contributed by atoms with E-state index in [9.17, 15) is 26.7 Å². The second-order valence-corrected chi connectivity index (χ2v) is 16.1. The molecule has 4 nitrogen and oxygen atoms in total. The molecule has 0 saturated carbocycles. The van der Waals surface area contributed by atoms with Crippen LogP contribution in [0.3, 0.4) is 0 Å². The van der Waals surface area contributed by atoms with Crippen molar-refractivity contribution in [3.8, 4) is 56.0 Å². The van der Waals surface area contributed by atoms with Crippen LogP contribution >= 0.6 is 0 Å². The van der Waals surface area contributed by atoms with Crippen molar-refractivity contribution in [3.63, 3.8) is 0 Å². The Balaban J connectivity index is 0.000000160. The van der Waals surface area contributed by atoms with Crippen LogP contribution in [0.1, 0.15) is 0 Å². The molecule has 8 heteroatoms. The van der Waals surface area contributed by atoms with E-state index in [1.165, 1.54) is 34.0 Å². The third-order valence-corrected chi connectivity index (χ3v) is 11.8. The second-order valence-electron chi connectivity index (χ2n) is 14.6. The van der Waals surface area contributed by atoms with Crippen molar-refractivity contribution in [2.75, 3.05) is 0 Å². The predicted octanol–water partition coefficient (Wildman–Crippen LogP) is 14.6. The number of alkyl halides is 3. The van der Waals surface area contributed by atoms with Gasteiger partial charge in [0.05, 0.1) is 0 Å². The van der Waals surface area contributed by atoms with Gasteiger partial charge >= 0.3 is 15.6 Å². The minimum Gasteiger partial charge on any atom is -0.507 e. The van der Waals surface area contributed by atoms with Crippen LogP contribution in [-0.4, -0.2) is 19.0 Å². The lowest BCUT2D eigenvalue weighted by atomic mass is 9.95. The Hall–Kier alpha value is -7.42. The van der Waals surface area contributed by atoms with E-state index in [0.29, 0.717) is 22.3 Å². The van der Waals surface area contributed by atoms with Crippen molar-refractivity contribution >= 4 is 53.2 Å². The molecule has 0 spiro atoms. The fourth-order valence-electron chi connectivity index (χ4n) is 7.77. The number of benzene rings is 10. The maximum absolute atomic E-state index is 12.9. The van der Waals surface area contributed by atoms with Crippen molar-refractivity contribution in [1.82, 2.24) is 0 Å². The van der Waals surface area contributed by atoms with Crippen molar-refractivity contribution in [2.24, 2.45) is 0 Å². The second kappa shape index (κ2) is 16.0.